The van der Waals surface area contributed by atoms with Gasteiger partial charge in [0.25, 0.3) is 0 Å². The van der Waals surface area contributed by atoms with Gasteiger partial charge in [-0.2, -0.15) is 11.8 Å². The number of hydrogen-bond acceptors (Lipinski definition) is 5. The monoisotopic (exact) mass is 438 g/mol. The fourth-order valence-corrected chi connectivity index (χ4v) is 3.38. The third-order valence-corrected chi connectivity index (χ3v) is 4.41. The minimum Gasteiger partial charge on any atom is -0.465 e. The lowest BCUT2D eigenvalue weighted by atomic mass is 10.1. The van der Waals surface area contributed by atoms with Gasteiger partial charge in [0.2, 0.25) is 5.91 Å². The van der Waals surface area contributed by atoms with Crippen LogP contribution in [0.5, 0.6) is 0 Å². The Morgan fingerprint density at radius 3 is 2.67 bits per heavy atom. The van der Waals surface area contributed by atoms with Crippen molar-refractivity contribution in [3.05, 3.63) is 26.6 Å². The minimum absolute atomic E-state index is 0.254. The molecule has 0 aliphatic rings. The second kappa shape index (κ2) is 8.77. The molecule has 0 aliphatic carbocycles. The SMILES string of the molecule is COC(=O)c1cc(Br)cc(Br)c1NC(=O)[C@@H](N)CCSC. The summed E-state index contributed by atoms with van der Waals surface area (Å²) in [7, 11) is 1.28. The summed E-state index contributed by atoms with van der Waals surface area (Å²) in [6, 6.07) is 2.69. The Kier molecular flexibility index (Phi) is 7.72. The topological polar surface area (TPSA) is 81.4 Å². The highest BCUT2D eigenvalue weighted by molar-refractivity contribution is 9.11. The lowest BCUT2D eigenvalue weighted by Gasteiger charge is -2.15. The lowest BCUT2D eigenvalue weighted by Crippen LogP contribution is -2.36. The Labute approximate surface area is 144 Å². The van der Waals surface area contributed by atoms with Crippen molar-refractivity contribution in [2.24, 2.45) is 5.73 Å². The summed E-state index contributed by atoms with van der Waals surface area (Å²) in [5.74, 6) is -0.0813. The predicted molar refractivity (Wildman–Crippen MR) is 92.8 cm³/mol. The number of hydrogen-bond donors (Lipinski definition) is 2. The van der Waals surface area contributed by atoms with Crippen molar-refractivity contribution in [1.82, 2.24) is 0 Å². The van der Waals surface area contributed by atoms with Crippen molar-refractivity contribution in [2.75, 3.05) is 24.4 Å². The molecule has 116 valence electrons. The van der Waals surface area contributed by atoms with Gasteiger partial charge in [0.05, 0.1) is 24.4 Å². The Balaban J connectivity index is 3.01. The molecule has 3 N–H and O–H groups in total. The van der Waals surface area contributed by atoms with Gasteiger partial charge < -0.3 is 15.8 Å². The van der Waals surface area contributed by atoms with E-state index in [9.17, 15) is 9.59 Å². The third kappa shape index (κ3) is 5.28. The molecule has 0 spiro atoms. The molecule has 0 bridgehead atoms. The van der Waals surface area contributed by atoms with Gasteiger partial charge >= 0.3 is 5.97 Å². The summed E-state index contributed by atoms with van der Waals surface area (Å²) in [5, 5.41) is 2.69. The van der Waals surface area contributed by atoms with Crippen LogP contribution in [0.4, 0.5) is 5.69 Å². The Morgan fingerprint density at radius 2 is 2.10 bits per heavy atom. The van der Waals surface area contributed by atoms with E-state index in [2.05, 4.69) is 37.2 Å². The molecule has 0 unspecified atom stereocenters. The first-order chi connectivity index (χ1) is 9.90. The zero-order chi connectivity index (χ0) is 16.0. The summed E-state index contributed by atoms with van der Waals surface area (Å²) in [4.78, 5) is 23.9. The van der Waals surface area contributed by atoms with Gasteiger partial charge in [-0.05, 0) is 46.5 Å². The van der Waals surface area contributed by atoms with Gasteiger partial charge in [-0.15, -0.1) is 0 Å². The minimum atomic E-state index is -0.626. The molecule has 8 heteroatoms. The van der Waals surface area contributed by atoms with Gasteiger partial charge in [-0.3, -0.25) is 4.79 Å². The van der Waals surface area contributed by atoms with Crippen molar-refractivity contribution in [1.29, 1.82) is 0 Å². The highest BCUT2D eigenvalue weighted by Crippen LogP contribution is 2.31. The summed E-state index contributed by atoms with van der Waals surface area (Å²) in [6.07, 6.45) is 2.51. The predicted octanol–water partition coefficient (Wildman–Crippen LogP) is 3.02. The van der Waals surface area contributed by atoms with Gasteiger partial charge in [-0.1, -0.05) is 15.9 Å². The van der Waals surface area contributed by atoms with E-state index in [1.54, 1.807) is 23.9 Å². The number of nitrogens with two attached hydrogens (primary N) is 1. The van der Waals surface area contributed by atoms with E-state index in [0.717, 1.165) is 5.75 Å². The van der Waals surface area contributed by atoms with Gasteiger partial charge in [-0.25, -0.2) is 4.79 Å². The van der Waals surface area contributed by atoms with Crippen LogP contribution < -0.4 is 11.1 Å². The van der Waals surface area contributed by atoms with Crippen molar-refractivity contribution >= 4 is 61.2 Å². The molecule has 1 aromatic carbocycles. The number of carbonyl (C=O) groups is 2. The van der Waals surface area contributed by atoms with Crippen LogP contribution in [0.2, 0.25) is 0 Å². The van der Waals surface area contributed by atoms with E-state index in [1.807, 2.05) is 6.26 Å². The summed E-state index contributed by atoms with van der Waals surface area (Å²) in [6.45, 7) is 0. The second-order valence-electron chi connectivity index (χ2n) is 4.18. The Bertz CT molecular complexity index is 540. The number of methoxy groups -OCH3 is 1. The largest absolute Gasteiger partial charge is 0.465 e. The maximum absolute atomic E-state index is 12.1. The van der Waals surface area contributed by atoms with Crippen LogP contribution in [0.1, 0.15) is 16.8 Å². The standard InChI is InChI=1S/C13H16Br2N2O3S/c1-20-13(19)8-5-7(14)6-9(15)11(8)17-12(18)10(16)3-4-21-2/h5-6,10H,3-4,16H2,1-2H3,(H,17,18)/t10-/m0/s1. The summed E-state index contributed by atoms with van der Waals surface area (Å²) < 4.78 is 5.99. The zero-order valence-electron chi connectivity index (χ0n) is 11.6. The van der Waals surface area contributed by atoms with Crippen LogP contribution in [0.15, 0.2) is 21.1 Å². The van der Waals surface area contributed by atoms with E-state index in [1.165, 1.54) is 7.11 Å². The number of halogens is 2. The summed E-state index contributed by atoms with van der Waals surface area (Å²) >= 11 is 8.25. The molecule has 0 saturated carbocycles. The maximum atomic E-state index is 12.1. The summed E-state index contributed by atoms with van der Waals surface area (Å²) in [5.41, 5.74) is 6.43. The zero-order valence-corrected chi connectivity index (χ0v) is 15.6. The molecule has 1 atom stereocenters. The van der Waals surface area contributed by atoms with Gasteiger partial charge in [0.15, 0.2) is 0 Å². The van der Waals surface area contributed by atoms with Gasteiger partial charge in [0, 0.05) is 8.95 Å². The Morgan fingerprint density at radius 1 is 1.43 bits per heavy atom. The molecule has 0 fully saturated rings. The number of carbonyl (C=O) groups excluding carboxylic acids is 2. The first-order valence-electron chi connectivity index (χ1n) is 6.03. The average molecular weight is 440 g/mol. The molecule has 0 aromatic heterocycles. The van der Waals surface area contributed by atoms with Crippen LogP contribution in [0.25, 0.3) is 0 Å². The fraction of sp³-hybridized carbons (Fsp3) is 0.385. The number of benzene rings is 1. The second-order valence-corrected chi connectivity index (χ2v) is 6.93. The molecule has 1 rings (SSSR count). The van der Waals surface area contributed by atoms with Gasteiger partial charge in [0.1, 0.15) is 0 Å². The van der Waals surface area contributed by atoms with Crippen LogP contribution >= 0.6 is 43.6 Å². The highest BCUT2D eigenvalue weighted by Gasteiger charge is 2.20. The first-order valence-corrected chi connectivity index (χ1v) is 9.01. The highest BCUT2D eigenvalue weighted by atomic mass is 79.9. The smallest absolute Gasteiger partial charge is 0.340 e. The quantitative estimate of drug-likeness (QED) is 0.665. The third-order valence-electron chi connectivity index (χ3n) is 2.68. The fourth-order valence-electron chi connectivity index (χ4n) is 1.56. The molecular weight excluding hydrogens is 424 g/mol. The molecule has 1 aromatic rings. The van der Waals surface area contributed by atoms with Crippen molar-refractivity contribution in [3.8, 4) is 0 Å². The number of rotatable bonds is 6. The van der Waals surface area contributed by atoms with E-state index >= 15 is 0 Å². The number of esters is 1. The van der Waals surface area contributed by atoms with E-state index in [0.29, 0.717) is 21.1 Å². The molecule has 0 saturated heterocycles. The number of ether oxygens (including phenoxy) is 1. The van der Waals surface area contributed by atoms with Crippen molar-refractivity contribution in [2.45, 2.75) is 12.5 Å². The number of thioether (sulfide) groups is 1. The van der Waals surface area contributed by atoms with E-state index in [4.69, 9.17) is 10.5 Å². The Hall–Kier alpha value is -0.570. The first kappa shape index (κ1) is 18.5. The number of nitrogens with one attached hydrogen (secondary N) is 1. The lowest BCUT2D eigenvalue weighted by molar-refractivity contribution is -0.117. The molecule has 5 nitrogen and oxygen atoms in total. The number of amides is 1. The van der Waals surface area contributed by atoms with Crippen LogP contribution in [-0.2, 0) is 9.53 Å². The molecule has 1 amide bonds. The van der Waals surface area contributed by atoms with Crippen LogP contribution in [-0.4, -0.2) is 37.0 Å². The maximum Gasteiger partial charge on any atom is 0.340 e. The molecule has 0 radical (unpaired) electrons. The van der Waals surface area contributed by atoms with Crippen LogP contribution in [0.3, 0.4) is 0 Å². The van der Waals surface area contributed by atoms with E-state index in [-0.39, 0.29) is 11.5 Å². The number of anilines is 1. The van der Waals surface area contributed by atoms with E-state index < -0.39 is 12.0 Å². The average Bonchev–Trinajstić information content (AvgIpc) is 2.45. The van der Waals surface area contributed by atoms with Crippen LogP contribution in [0, 0.1) is 0 Å². The molecule has 21 heavy (non-hydrogen) atoms. The molecule has 0 heterocycles. The van der Waals surface area contributed by atoms with Crippen molar-refractivity contribution in [3.63, 3.8) is 0 Å². The normalized spacial score (nSPS) is 11.9. The molecule has 0 aliphatic heterocycles. The molecular formula is C13H16Br2N2O3S. The van der Waals surface area contributed by atoms with Crippen molar-refractivity contribution < 1.29 is 14.3 Å².